The maximum Gasteiger partial charge on any atom is 0.267 e. The average Bonchev–Trinajstić information content (AvgIpc) is 2.82. The predicted molar refractivity (Wildman–Crippen MR) is 132 cm³/mol. The largest absolute Gasteiger partial charge is 0.346 e. The lowest BCUT2D eigenvalue weighted by molar-refractivity contribution is 0.368. The second-order valence-corrected chi connectivity index (χ2v) is 9.11. The Morgan fingerprint density at radius 2 is 1.81 bits per heavy atom. The van der Waals surface area contributed by atoms with Crippen LogP contribution in [-0.2, 0) is 12.1 Å². The molecule has 0 fully saturated rings. The van der Waals surface area contributed by atoms with Gasteiger partial charge in [0, 0.05) is 24.9 Å². The highest BCUT2D eigenvalue weighted by molar-refractivity contribution is 6.35. The summed E-state index contributed by atoms with van der Waals surface area (Å²) < 4.78 is 29.5. The molecule has 8 nitrogen and oxygen atoms in total. The molecule has 3 aromatic heterocycles. The molecule has 5 rings (SSSR count). The quantitative estimate of drug-likeness (QED) is 0.372. The first-order valence-electron chi connectivity index (χ1n) is 10.9. The maximum absolute atomic E-state index is 14.2. The molecular formula is C25H19ClF2N6O2. The molecule has 0 spiro atoms. The minimum atomic E-state index is -1.04. The lowest BCUT2D eigenvalue weighted by Gasteiger charge is -2.29. The van der Waals surface area contributed by atoms with Crippen LogP contribution in [0.2, 0.25) is 5.02 Å². The maximum atomic E-state index is 14.2. The van der Waals surface area contributed by atoms with Gasteiger partial charge in [-0.25, -0.2) is 23.7 Å². The molecule has 0 amide bonds. The molecule has 36 heavy (non-hydrogen) atoms. The van der Waals surface area contributed by atoms with E-state index in [4.69, 9.17) is 11.6 Å². The summed E-state index contributed by atoms with van der Waals surface area (Å²) in [6, 6.07) is 9.03. The summed E-state index contributed by atoms with van der Waals surface area (Å²) >= 11 is 6.30. The van der Waals surface area contributed by atoms with Gasteiger partial charge in [-0.05, 0) is 38.1 Å². The Labute approximate surface area is 207 Å². The highest BCUT2D eigenvalue weighted by Crippen LogP contribution is 2.26. The zero-order valence-electron chi connectivity index (χ0n) is 19.1. The van der Waals surface area contributed by atoms with Gasteiger partial charge >= 0.3 is 0 Å². The first kappa shape index (κ1) is 23.7. The summed E-state index contributed by atoms with van der Waals surface area (Å²) in [5.74, 6) is -1.52. The van der Waals surface area contributed by atoms with E-state index in [0.717, 1.165) is 22.8 Å². The Hall–Kier alpha value is -4.02. The van der Waals surface area contributed by atoms with Gasteiger partial charge in [-0.2, -0.15) is 0 Å². The molecule has 11 heteroatoms. The number of pyridine rings is 1. The number of H-pyrrole nitrogens is 1. The van der Waals surface area contributed by atoms with Crippen LogP contribution >= 0.6 is 11.6 Å². The number of halogens is 3. The van der Waals surface area contributed by atoms with Crippen LogP contribution in [0.15, 0.2) is 64.6 Å². The number of aromatic amines is 1. The molecule has 5 aromatic rings. The van der Waals surface area contributed by atoms with Gasteiger partial charge in [-0.15, -0.1) is 0 Å². The third-order valence-corrected chi connectivity index (χ3v) is 6.15. The zero-order chi connectivity index (χ0) is 25.6. The van der Waals surface area contributed by atoms with Gasteiger partial charge in [0.15, 0.2) is 5.43 Å². The van der Waals surface area contributed by atoms with Crippen molar-refractivity contribution in [2.75, 3.05) is 0 Å². The lowest BCUT2D eigenvalue weighted by Crippen LogP contribution is -2.42. The zero-order valence-corrected chi connectivity index (χ0v) is 19.9. The third-order valence-electron chi connectivity index (χ3n) is 5.84. The first-order chi connectivity index (χ1) is 17.2. The van der Waals surface area contributed by atoms with Crippen molar-refractivity contribution < 1.29 is 8.78 Å². The average molecular weight is 509 g/mol. The Kier molecular flexibility index (Phi) is 5.85. The van der Waals surface area contributed by atoms with Crippen LogP contribution in [0, 0.1) is 11.6 Å². The van der Waals surface area contributed by atoms with E-state index in [9.17, 15) is 18.4 Å². The molecule has 0 aliphatic carbocycles. The van der Waals surface area contributed by atoms with Crippen LogP contribution in [0.1, 0.15) is 25.4 Å². The van der Waals surface area contributed by atoms with Gasteiger partial charge in [0.1, 0.15) is 29.4 Å². The fourth-order valence-corrected chi connectivity index (χ4v) is 4.36. The van der Waals surface area contributed by atoms with Crippen LogP contribution in [0.5, 0.6) is 0 Å². The molecule has 2 aromatic carbocycles. The summed E-state index contributed by atoms with van der Waals surface area (Å²) in [6.45, 7) is 3.62. The van der Waals surface area contributed by atoms with Crippen LogP contribution in [0.25, 0.3) is 27.6 Å². The number of hydrogen-bond donors (Lipinski definition) is 2. The van der Waals surface area contributed by atoms with Crippen LogP contribution < -0.4 is 16.3 Å². The van der Waals surface area contributed by atoms with E-state index in [2.05, 4.69) is 25.3 Å². The highest BCUT2D eigenvalue weighted by atomic mass is 35.5. The molecule has 3 heterocycles. The molecule has 0 bridgehead atoms. The second kappa shape index (κ2) is 8.89. The van der Waals surface area contributed by atoms with Crippen LogP contribution in [0.3, 0.4) is 0 Å². The molecule has 2 N–H and O–H groups in total. The predicted octanol–water partition coefficient (Wildman–Crippen LogP) is 3.97. The fourth-order valence-electron chi connectivity index (χ4n) is 4.10. The van der Waals surface area contributed by atoms with Crippen molar-refractivity contribution in [2.45, 2.75) is 25.9 Å². The normalized spacial score (nSPS) is 11.9. The van der Waals surface area contributed by atoms with E-state index < -0.39 is 22.7 Å². The number of aromatic nitrogens is 5. The molecule has 182 valence electrons. The standard InChI is InChI=1S/C25H19ClF2N6O2/c1-25(2,32-11-18-21-19(35)6-7-29-22(21)31-12-30-18)24-33-17-5-3-4-16(26)20(17)23(36)34(24)15-9-13(27)8-14(28)10-15/h3-10,12,32H,11H2,1-2H3,(H,29,30,31,35). The summed E-state index contributed by atoms with van der Waals surface area (Å²) in [6.07, 6.45) is 2.84. The van der Waals surface area contributed by atoms with Crippen molar-refractivity contribution in [2.24, 2.45) is 0 Å². The summed E-state index contributed by atoms with van der Waals surface area (Å²) in [4.78, 5) is 42.0. The molecule has 0 radical (unpaired) electrons. The monoisotopic (exact) mass is 508 g/mol. The number of hydrogen-bond acceptors (Lipinski definition) is 6. The topological polar surface area (TPSA) is 106 Å². The number of nitrogens with one attached hydrogen (secondary N) is 2. The van der Waals surface area contributed by atoms with Crippen molar-refractivity contribution in [3.05, 3.63) is 104 Å². The number of fused-ring (bicyclic) bond motifs is 2. The second-order valence-electron chi connectivity index (χ2n) is 8.70. The van der Waals surface area contributed by atoms with E-state index in [1.54, 1.807) is 32.0 Å². The van der Waals surface area contributed by atoms with Gasteiger partial charge in [0.25, 0.3) is 5.56 Å². The van der Waals surface area contributed by atoms with Gasteiger partial charge in [0.2, 0.25) is 0 Å². The smallest absolute Gasteiger partial charge is 0.267 e. The van der Waals surface area contributed by atoms with E-state index in [1.807, 2.05) is 0 Å². The van der Waals surface area contributed by atoms with E-state index in [1.165, 1.54) is 18.6 Å². The van der Waals surface area contributed by atoms with Crippen molar-refractivity contribution in [1.29, 1.82) is 0 Å². The Bertz CT molecular complexity index is 1740. The number of nitrogens with zero attached hydrogens (tertiary/aromatic N) is 4. The molecule has 0 aliphatic heterocycles. The van der Waals surface area contributed by atoms with Gasteiger partial charge in [0.05, 0.1) is 38.2 Å². The molecule has 0 saturated carbocycles. The fraction of sp³-hybridized carbons (Fsp3) is 0.160. The molecular weight excluding hydrogens is 490 g/mol. The molecule has 0 atom stereocenters. The lowest BCUT2D eigenvalue weighted by atomic mass is 10.0. The van der Waals surface area contributed by atoms with Crippen LogP contribution in [-0.4, -0.2) is 24.5 Å². The minimum absolute atomic E-state index is 0.0411. The Morgan fingerprint density at radius 3 is 2.56 bits per heavy atom. The summed E-state index contributed by atoms with van der Waals surface area (Å²) in [7, 11) is 0. The van der Waals surface area contributed by atoms with Crippen molar-refractivity contribution in [3.8, 4) is 5.69 Å². The van der Waals surface area contributed by atoms with Crippen LogP contribution in [0.4, 0.5) is 8.78 Å². The molecule has 0 saturated heterocycles. The van der Waals surface area contributed by atoms with E-state index >= 15 is 0 Å². The number of rotatable bonds is 5. The van der Waals surface area contributed by atoms with Crippen molar-refractivity contribution in [1.82, 2.24) is 29.8 Å². The Morgan fingerprint density at radius 1 is 1.06 bits per heavy atom. The summed E-state index contributed by atoms with van der Waals surface area (Å²) in [5, 5.41) is 3.88. The summed E-state index contributed by atoms with van der Waals surface area (Å²) in [5.41, 5.74) is -0.761. The number of benzene rings is 2. The highest BCUT2D eigenvalue weighted by Gasteiger charge is 2.29. The minimum Gasteiger partial charge on any atom is -0.346 e. The van der Waals surface area contributed by atoms with Crippen molar-refractivity contribution in [3.63, 3.8) is 0 Å². The Balaban J connectivity index is 1.68. The SMILES string of the molecule is CC(C)(NCc1ncnc2[nH]ccc(=O)c12)c1nc2cccc(Cl)c2c(=O)n1-c1cc(F)cc(F)c1. The van der Waals surface area contributed by atoms with Gasteiger partial charge in [-0.3, -0.25) is 19.5 Å². The van der Waals surface area contributed by atoms with E-state index in [0.29, 0.717) is 22.2 Å². The van der Waals surface area contributed by atoms with E-state index in [-0.39, 0.29) is 33.9 Å². The molecule has 0 aliphatic rings. The molecule has 0 unspecified atom stereocenters. The third kappa shape index (κ3) is 4.14. The van der Waals surface area contributed by atoms with Gasteiger partial charge in [-0.1, -0.05) is 17.7 Å². The van der Waals surface area contributed by atoms with Gasteiger partial charge < -0.3 is 4.98 Å². The van der Waals surface area contributed by atoms with Crippen molar-refractivity contribution >= 4 is 33.5 Å². The first-order valence-corrected chi connectivity index (χ1v) is 11.3.